The summed E-state index contributed by atoms with van der Waals surface area (Å²) >= 11 is 0. The van der Waals surface area contributed by atoms with Gasteiger partial charge in [0.2, 0.25) is 0 Å². The van der Waals surface area contributed by atoms with Gasteiger partial charge in [0.15, 0.2) is 5.96 Å². The van der Waals surface area contributed by atoms with Gasteiger partial charge in [-0.3, -0.25) is 0 Å². The van der Waals surface area contributed by atoms with Crippen LogP contribution in [0.5, 0.6) is 0 Å². The highest BCUT2D eigenvalue weighted by atomic mass is 19.4. The minimum Gasteiger partial charge on any atom is -0.378 e. The van der Waals surface area contributed by atoms with Crippen LogP contribution in [0.25, 0.3) is 0 Å². The Hall–Kier alpha value is -1.76. The minimum absolute atomic E-state index is 0.315. The average molecular weight is 343 g/mol. The van der Waals surface area contributed by atoms with Crippen LogP contribution in [0, 0.1) is 0 Å². The molecule has 134 valence electrons. The van der Waals surface area contributed by atoms with Crippen molar-refractivity contribution in [3.8, 4) is 0 Å². The van der Waals surface area contributed by atoms with Crippen molar-refractivity contribution in [1.82, 2.24) is 10.6 Å². The Balaban J connectivity index is 1.85. The normalized spacial score (nSPS) is 18.7. The average Bonchev–Trinajstić information content (AvgIpc) is 3.05. The monoisotopic (exact) mass is 343 g/mol. The highest BCUT2D eigenvalue weighted by molar-refractivity contribution is 5.79. The van der Waals surface area contributed by atoms with Crippen LogP contribution in [-0.4, -0.2) is 31.8 Å². The molecular weight excluding hydrogens is 319 g/mol. The molecule has 0 aliphatic carbocycles. The fourth-order valence-electron chi connectivity index (χ4n) is 2.53. The lowest BCUT2D eigenvalue weighted by Gasteiger charge is -2.14. The third kappa shape index (κ3) is 6.03. The lowest BCUT2D eigenvalue weighted by molar-refractivity contribution is -0.137. The van der Waals surface area contributed by atoms with Crippen LogP contribution in [0.15, 0.2) is 29.3 Å². The van der Waals surface area contributed by atoms with Crippen molar-refractivity contribution in [1.29, 1.82) is 0 Å². The maximum atomic E-state index is 12.5. The van der Waals surface area contributed by atoms with E-state index in [1.54, 1.807) is 0 Å². The zero-order chi connectivity index (χ0) is 17.4. The maximum absolute atomic E-state index is 12.5. The minimum atomic E-state index is -4.30. The number of nitrogens with one attached hydrogen (secondary N) is 2. The number of guanidine groups is 1. The summed E-state index contributed by atoms with van der Waals surface area (Å²) in [6.07, 6.45) is -0.853. The Morgan fingerprint density at radius 1 is 1.25 bits per heavy atom. The SMILES string of the molecule is CCNC(=NCc1ccc(C(F)(F)F)cc1)NCCC1CCCO1. The Morgan fingerprint density at radius 3 is 2.58 bits per heavy atom. The summed E-state index contributed by atoms with van der Waals surface area (Å²) in [6, 6.07) is 5.09. The van der Waals surface area contributed by atoms with E-state index in [0.29, 0.717) is 18.6 Å². The Morgan fingerprint density at radius 2 is 2.00 bits per heavy atom. The zero-order valence-corrected chi connectivity index (χ0v) is 13.8. The molecular formula is C17H24F3N3O. The Kier molecular flexibility index (Phi) is 6.90. The Bertz CT molecular complexity index is 523. The van der Waals surface area contributed by atoms with Crippen molar-refractivity contribution in [3.63, 3.8) is 0 Å². The van der Waals surface area contributed by atoms with Gasteiger partial charge in [-0.15, -0.1) is 0 Å². The first-order chi connectivity index (χ1) is 11.5. The van der Waals surface area contributed by atoms with Crippen LogP contribution >= 0.6 is 0 Å². The highest BCUT2D eigenvalue weighted by Crippen LogP contribution is 2.29. The van der Waals surface area contributed by atoms with Gasteiger partial charge in [0.05, 0.1) is 18.2 Å². The molecule has 1 heterocycles. The van der Waals surface area contributed by atoms with E-state index in [-0.39, 0.29) is 0 Å². The van der Waals surface area contributed by atoms with Crippen molar-refractivity contribution < 1.29 is 17.9 Å². The molecule has 1 aromatic rings. The fraction of sp³-hybridized carbons (Fsp3) is 0.588. The number of benzene rings is 1. The summed E-state index contributed by atoms with van der Waals surface area (Å²) in [7, 11) is 0. The number of nitrogens with zero attached hydrogens (tertiary/aromatic N) is 1. The molecule has 1 aromatic carbocycles. The summed E-state index contributed by atoms with van der Waals surface area (Å²) in [5, 5.41) is 6.36. The molecule has 0 bridgehead atoms. The smallest absolute Gasteiger partial charge is 0.378 e. The molecule has 1 fully saturated rings. The molecule has 0 aromatic heterocycles. The van der Waals surface area contributed by atoms with Crippen molar-refractivity contribution in [3.05, 3.63) is 35.4 Å². The molecule has 1 saturated heterocycles. The van der Waals surface area contributed by atoms with Crippen LogP contribution < -0.4 is 10.6 Å². The van der Waals surface area contributed by atoms with E-state index >= 15 is 0 Å². The molecule has 0 amide bonds. The van der Waals surface area contributed by atoms with Crippen molar-refractivity contribution >= 4 is 5.96 Å². The van der Waals surface area contributed by atoms with E-state index in [2.05, 4.69) is 15.6 Å². The van der Waals surface area contributed by atoms with Crippen LogP contribution in [0.2, 0.25) is 0 Å². The van der Waals surface area contributed by atoms with E-state index in [1.807, 2.05) is 6.92 Å². The van der Waals surface area contributed by atoms with Gasteiger partial charge in [0.25, 0.3) is 0 Å². The van der Waals surface area contributed by atoms with Gasteiger partial charge in [-0.05, 0) is 43.9 Å². The second-order valence-electron chi connectivity index (χ2n) is 5.74. The molecule has 7 heteroatoms. The molecule has 24 heavy (non-hydrogen) atoms. The standard InChI is InChI=1S/C17H24F3N3O/c1-2-21-16(22-10-9-15-4-3-11-24-15)23-12-13-5-7-14(8-6-13)17(18,19)20/h5-8,15H,2-4,9-12H2,1H3,(H2,21,22,23). The van der Waals surface area contributed by atoms with E-state index in [9.17, 15) is 13.2 Å². The fourth-order valence-corrected chi connectivity index (χ4v) is 2.53. The predicted molar refractivity (Wildman–Crippen MR) is 87.9 cm³/mol. The number of hydrogen-bond donors (Lipinski definition) is 2. The van der Waals surface area contributed by atoms with E-state index < -0.39 is 11.7 Å². The molecule has 0 spiro atoms. The molecule has 0 radical (unpaired) electrons. The molecule has 1 aliphatic heterocycles. The number of ether oxygens (including phenoxy) is 1. The van der Waals surface area contributed by atoms with Gasteiger partial charge < -0.3 is 15.4 Å². The van der Waals surface area contributed by atoms with E-state index in [4.69, 9.17) is 4.74 Å². The van der Waals surface area contributed by atoms with Gasteiger partial charge in [-0.25, -0.2) is 4.99 Å². The third-order valence-corrected chi connectivity index (χ3v) is 3.83. The second kappa shape index (κ2) is 8.92. The third-order valence-electron chi connectivity index (χ3n) is 3.83. The van der Waals surface area contributed by atoms with Crippen LogP contribution in [0.4, 0.5) is 13.2 Å². The molecule has 2 N–H and O–H groups in total. The number of hydrogen-bond acceptors (Lipinski definition) is 2. The van der Waals surface area contributed by atoms with Crippen LogP contribution in [-0.2, 0) is 17.5 Å². The maximum Gasteiger partial charge on any atom is 0.416 e. The van der Waals surface area contributed by atoms with Crippen LogP contribution in [0.3, 0.4) is 0 Å². The number of alkyl halides is 3. The molecule has 1 unspecified atom stereocenters. The zero-order valence-electron chi connectivity index (χ0n) is 13.8. The first kappa shape index (κ1) is 18.6. The summed E-state index contributed by atoms with van der Waals surface area (Å²) in [5.74, 6) is 0.662. The van der Waals surface area contributed by atoms with Crippen LogP contribution in [0.1, 0.15) is 37.3 Å². The highest BCUT2D eigenvalue weighted by Gasteiger charge is 2.29. The molecule has 4 nitrogen and oxygen atoms in total. The lowest BCUT2D eigenvalue weighted by atomic mass is 10.1. The molecule has 0 saturated carbocycles. The number of aliphatic imine (C=N–C) groups is 1. The lowest BCUT2D eigenvalue weighted by Crippen LogP contribution is -2.38. The summed E-state index contributed by atoms with van der Waals surface area (Å²) in [5.41, 5.74) is 0.0937. The van der Waals surface area contributed by atoms with Gasteiger partial charge in [-0.2, -0.15) is 13.2 Å². The second-order valence-corrected chi connectivity index (χ2v) is 5.74. The van der Waals surface area contributed by atoms with Gasteiger partial charge in [-0.1, -0.05) is 12.1 Å². The van der Waals surface area contributed by atoms with Gasteiger partial charge >= 0.3 is 6.18 Å². The predicted octanol–water partition coefficient (Wildman–Crippen LogP) is 3.33. The van der Waals surface area contributed by atoms with E-state index in [0.717, 1.165) is 56.7 Å². The van der Waals surface area contributed by atoms with Crippen molar-refractivity contribution in [2.24, 2.45) is 4.99 Å². The van der Waals surface area contributed by atoms with E-state index in [1.165, 1.54) is 12.1 Å². The Labute approximate surface area is 140 Å². The summed E-state index contributed by atoms with van der Waals surface area (Å²) in [6.45, 7) is 4.61. The first-order valence-corrected chi connectivity index (χ1v) is 8.29. The number of rotatable bonds is 6. The topological polar surface area (TPSA) is 45.7 Å². The number of halogens is 3. The summed E-state index contributed by atoms with van der Waals surface area (Å²) < 4.78 is 43.2. The van der Waals surface area contributed by atoms with Gasteiger partial charge in [0.1, 0.15) is 0 Å². The van der Waals surface area contributed by atoms with Crippen molar-refractivity contribution in [2.75, 3.05) is 19.7 Å². The van der Waals surface area contributed by atoms with Crippen molar-refractivity contribution in [2.45, 2.75) is 45.0 Å². The molecule has 1 aliphatic rings. The molecule has 1 atom stereocenters. The van der Waals surface area contributed by atoms with Gasteiger partial charge in [0, 0.05) is 19.7 Å². The largest absolute Gasteiger partial charge is 0.416 e. The first-order valence-electron chi connectivity index (χ1n) is 8.29. The summed E-state index contributed by atoms with van der Waals surface area (Å²) in [4.78, 5) is 4.41. The quantitative estimate of drug-likeness (QED) is 0.615. The molecule has 2 rings (SSSR count).